The van der Waals surface area contributed by atoms with Gasteiger partial charge in [0.2, 0.25) is 0 Å². The molecule has 0 fully saturated rings. The third-order valence-electron chi connectivity index (χ3n) is 2.87. The van der Waals surface area contributed by atoms with Crippen LogP contribution < -0.4 is 0 Å². The number of hydrogen-bond donors (Lipinski definition) is 0. The van der Waals surface area contributed by atoms with E-state index in [-0.39, 0.29) is 35.6 Å². The van der Waals surface area contributed by atoms with Gasteiger partial charge in [-0.3, -0.25) is 14.4 Å². The molecule has 0 amide bonds. The lowest BCUT2D eigenvalue weighted by Crippen LogP contribution is -2.25. The van der Waals surface area contributed by atoms with Gasteiger partial charge in [-0.1, -0.05) is 48.5 Å². The molecule has 0 aromatic carbocycles. The molecule has 108 valence electrons. The third-order valence-corrected chi connectivity index (χ3v) is 2.87. The fraction of sp³-hybridized carbons (Fsp3) is 0.688. The van der Waals surface area contributed by atoms with Crippen LogP contribution in [0.4, 0.5) is 0 Å². The van der Waals surface area contributed by atoms with E-state index in [9.17, 15) is 14.4 Å². The largest absolute Gasteiger partial charge is 0.299 e. The minimum atomic E-state index is -0.583. The van der Waals surface area contributed by atoms with Gasteiger partial charge < -0.3 is 0 Å². The van der Waals surface area contributed by atoms with Crippen LogP contribution in [0.5, 0.6) is 0 Å². The topological polar surface area (TPSA) is 51.2 Å². The predicted molar refractivity (Wildman–Crippen MR) is 76.9 cm³/mol. The van der Waals surface area contributed by atoms with Crippen molar-refractivity contribution in [1.82, 2.24) is 0 Å². The standard InChI is InChI=1S/C16H26O3/c1-10(2)13(17)8-12(9-14(18)11(3)4)15(19)16(5,6)7/h8,10-11H,9H2,1-7H3/b12-8-. The Hall–Kier alpha value is -1.25. The molecule has 19 heavy (non-hydrogen) atoms. The third kappa shape index (κ3) is 5.95. The summed E-state index contributed by atoms with van der Waals surface area (Å²) in [4.78, 5) is 35.9. The van der Waals surface area contributed by atoms with Crippen LogP contribution in [0.2, 0.25) is 0 Å². The number of carbonyl (C=O) groups excluding carboxylic acids is 3. The van der Waals surface area contributed by atoms with Crippen molar-refractivity contribution in [3.05, 3.63) is 11.6 Å². The Kier molecular flexibility index (Phi) is 6.34. The minimum absolute atomic E-state index is 0.0135. The Bertz CT molecular complexity index is 393. The Balaban J connectivity index is 5.34. The van der Waals surface area contributed by atoms with Gasteiger partial charge in [-0.05, 0) is 6.08 Å². The summed E-state index contributed by atoms with van der Waals surface area (Å²) < 4.78 is 0. The summed E-state index contributed by atoms with van der Waals surface area (Å²) in [7, 11) is 0. The van der Waals surface area contributed by atoms with E-state index < -0.39 is 5.41 Å². The highest BCUT2D eigenvalue weighted by atomic mass is 16.1. The van der Waals surface area contributed by atoms with Crippen molar-refractivity contribution in [1.29, 1.82) is 0 Å². The van der Waals surface area contributed by atoms with Gasteiger partial charge in [-0.2, -0.15) is 0 Å². The van der Waals surface area contributed by atoms with Crippen molar-refractivity contribution < 1.29 is 14.4 Å². The first kappa shape index (κ1) is 17.8. The Labute approximate surface area is 116 Å². The molecule has 0 spiro atoms. The molecule has 3 heteroatoms. The van der Waals surface area contributed by atoms with Crippen LogP contribution in [0.1, 0.15) is 54.9 Å². The van der Waals surface area contributed by atoms with E-state index in [1.807, 2.05) is 0 Å². The lowest BCUT2D eigenvalue weighted by atomic mass is 9.83. The second kappa shape index (κ2) is 6.78. The van der Waals surface area contributed by atoms with E-state index in [2.05, 4.69) is 0 Å². The maximum absolute atomic E-state index is 12.3. The number of hydrogen-bond acceptors (Lipinski definition) is 3. The molecule has 0 heterocycles. The first-order valence-electron chi connectivity index (χ1n) is 6.78. The van der Waals surface area contributed by atoms with Crippen molar-refractivity contribution in [2.45, 2.75) is 54.9 Å². The molecule has 0 radical (unpaired) electrons. The van der Waals surface area contributed by atoms with E-state index in [0.29, 0.717) is 5.57 Å². The number of rotatable bonds is 6. The van der Waals surface area contributed by atoms with Crippen LogP contribution in [0, 0.1) is 17.3 Å². The van der Waals surface area contributed by atoms with E-state index in [0.717, 1.165) is 0 Å². The molecular weight excluding hydrogens is 240 g/mol. The van der Waals surface area contributed by atoms with Gasteiger partial charge in [0.05, 0.1) is 0 Å². The molecule has 0 unspecified atom stereocenters. The zero-order valence-electron chi connectivity index (χ0n) is 13.2. The van der Waals surface area contributed by atoms with Crippen LogP contribution >= 0.6 is 0 Å². The lowest BCUT2D eigenvalue weighted by Gasteiger charge is -2.19. The van der Waals surface area contributed by atoms with Gasteiger partial charge in [-0.15, -0.1) is 0 Å². The number of Topliss-reactive ketones (excluding diaryl/α,β-unsaturated/α-hetero) is 2. The fourth-order valence-electron chi connectivity index (χ4n) is 1.41. The van der Waals surface area contributed by atoms with Crippen LogP contribution in [-0.4, -0.2) is 17.3 Å². The molecule has 0 aliphatic heterocycles. The summed E-state index contributed by atoms with van der Waals surface area (Å²) in [5.41, 5.74) is -0.245. The van der Waals surface area contributed by atoms with Gasteiger partial charge in [-0.25, -0.2) is 0 Å². The quantitative estimate of drug-likeness (QED) is 0.693. The minimum Gasteiger partial charge on any atom is -0.299 e. The van der Waals surface area contributed by atoms with Crippen LogP contribution in [0.25, 0.3) is 0 Å². The van der Waals surface area contributed by atoms with E-state index >= 15 is 0 Å². The lowest BCUT2D eigenvalue weighted by molar-refractivity contribution is -0.126. The molecule has 0 N–H and O–H groups in total. The average Bonchev–Trinajstić information content (AvgIpc) is 2.25. The predicted octanol–water partition coefficient (Wildman–Crippen LogP) is 3.37. The second-order valence-corrected chi connectivity index (χ2v) is 6.60. The summed E-state index contributed by atoms with van der Waals surface area (Å²) in [6.07, 6.45) is 1.41. The summed E-state index contributed by atoms with van der Waals surface area (Å²) >= 11 is 0. The highest BCUT2D eigenvalue weighted by molar-refractivity contribution is 6.08. The Morgan fingerprint density at radius 2 is 1.42 bits per heavy atom. The molecule has 0 saturated heterocycles. The van der Waals surface area contributed by atoms with Gasteiger partial charge in [0.15, 0.2) is 11.6 Å². The van der Waals surface area contributed by atoms with Crippen molar-refractivity contribution in [2.24, 2.45) is 17.3 Å². The molecule has 0 aromatic heterocycles. The molecular formula is C16H26O3. The summed E-state index contributed by atoms with van der Waals surface area (Å²) in [6, 6.07) is 0. The van der Waals surface area contributed by atoms with Crippen LogP contribution in [0.3, 0.4) is 0 Å². The van der Waals surface area contributed by atoms with Crippen molar-refractivity contribution in [3.8, 4) is 0 Å². The molecule has 0 saturated carbocycles. The van der Waals surface area contributed by atoms with Crippen LogP contribution in [0.15, 0.2) is 11.6 Å². The smallest absolute Gasteiger partial charge is 0.164 e. The number of ketones is 3. The van der Waals surface area contributed by atoms with Gasteiger partial charge in [0, 0.05) is 29.2 Å². The van der Waals surface area contributed by atoms with Crippen LogP contribution in [-0.2, 0) is 14.4 Å². The maximum atomic E-state index is 12.3. The van der Waals surface area contributed by atoms with E-state index in [1.165, 1.54) is 6.08 Å². The molecule has 0 bridgehead atoms. The Morgan fingerprint density at radius 3 is 1.74 bits per heavy atom. The highest BCUT2D eigenvalue weighted by Gasteiger charge is 2.27. The monoisotopic (exact) mass is 266 g/mol. The summed E-state index contributed by atoms with van der Waals surface area (Å²) in [6.45, 7) is 12.5. The molecule has 0 aromatic rings. The maximum Gasteiger partial charge on any atom is 0.164 e. The first-order chi connectivity index (χ1) is 8.46. The molecule has 0 aliphatic carbocycles. The van der Waals surface area contributed by atoms with Crippen molar-refractivity contribution in [3.63, 3.8) is 0 Å². The molecule has 0 rings (SSSR count). The summed E-state index contributed by atoms with van der Waals surface area (Å²) in [5.74, 6) is -0.553. The van der Waals surface area contributed by atoms with E-state index in [1.54, 1.807) is 48.5 Å². The average molecular weight is 266 g/mol. The number of allylic oxidation sites excluding steroid dienone is 2. The highest BCUT2D eigenvalue weighted by Crippen LogP contribution is 2.23. The normalized spacial score (nSPS) is 13.0. The Morgan fingerprint density at radius 1 is 0.947 bits per heavy atom. The second-order valence-electron chi connectivity index (χ2n) is 6.60. The van der Waals surface area contributed by atoms with Crippen molar-refractivity contribution >= 4 is 17.3 Å². The van der Waals surface area contributed by atoms with E-state index in [4.69, 9.17) is 0 Å². The number of carbonyl (C=O) groups is 3. The molecule has 0 atom stereocenters. The van der Waals surface area contributed by atoms with Crippen molar-refractivity contribution in [2.75, 3.05) is 0 Å². The first-order valence-corrected chi connectivity index (χ1v) is 6.78. The van der Waals surface area contributed by atoms with Gasteiger partial charge in [0.25, 0.3) is 0 Å². The zero-order chi connectivity index (χ0) is 15.4. The molecule has 0 aliphatic rings. The fourth-order valence-corrected chi connectivity index (χ4v) is 1.41. The SMILES string of the molecule is CC(C)C(=O)/C=C(/CC(=O)C(C)C)C(=O)C(C)(C)C. The molecule has 3 nitrogen and oxygen atoms in total. The van der Waals surface area contributed by atoms with Gasteiger partial charge in [0.1, 0.15) is 5.78 Å². The van der Waals surface area contributed by atoms with Gasteiger partial charge >= 0.3 is 0 Å². The zero-order valence-corrected chi connectivity index (χ0v) is 13.2. The summed E-state index contributed by atoms with van der Waals surface area (Å²) in [5, 5.41) is 0.